The highest BCUT2D eigenvalue weighted by molar-refractivity contribution is 5.85. The van der Waals surface area contributed by atoms with Crippen molar-refractivity contribution in [2.75, 3.05) is 52.9 Å². The number of carbonyl (C=O) groups is 1. The van der Waals surface area contributed by atoms with Gasteiger partial charge in [-0.15, -0.1) is 12.4 Å². The van der Waals surface area contributed by atoms with Gasteiger partial charge in [-0.3, -0.25) is 4.79 Å². The summed E-state index contributed by atoms with van der Waals surface area (Å²) in [4.78, 5) is 16.9. The van der Waals surface area contributed by atoms with Crippen LogP contribution in [0.3, 0.4) is 0 Å². The smallest absolute Gasteiger partial charge is 0.223 e. The van der Waals surface area contributed by atoms with Crippen LogP contribution in [0.5, 0.6) is 5.75 Å². The van der Waals surface area contributed by atoms with Crippen molar-refractivity contribution in [2.45, 2.75) is 33.6 Å². The molecule has 0 unspecified atom stereocenters. The zero-order valence-electron chi connectivity index (χ0n) is 17.3. The predicted octanol–water partition coefficient (Wildman–Crippen LogP) is 2.83. The second-order valence-corrected chi connectivity index (χ2v) is 8.32. The number of hydrogen-bond donors (Lipinski definition) is 1. The molecule has 6 heteroatoms. The number of halogens is 1. The van der Waals surface area contributed by atoms with Crippen LogP contribution in [-0.2, 0) is 11.2 Å². The van der Waals surface area contributed by atoms with Crippen molar-refractivity contribution in [2.24, 2.45) is 5.41 Å². The SMILES string of the molecule is COc1ccc(CCN(CCC(=O)N2CCNCC2)CC(C)(C)C)cc1.Cl. The minimum atomic E-state index is 0. The number of hydrogen-bond acceptors (Lipinski definition) is 4. The molecule has 5 nitrogen and oxygen atoms in total. The summed E-state index contributed by atoms with van der Waals surface area (Å²) in [6.45, 7) is 13.1. The largest absolute Gasteiger partial charge is 0.497 e. The van der Waals surface area contributed by atoms with E-state index in [1.165, 1.54) is 5.56 Å². The summed E-state index contributed by atoms with van der Waals surface area (Å²) in [5, 5.41) is 3.30. The van der Waals surface area contributed by atoms with Crippen LogP contribution < -0.4 is 10.1 Å². The normalized spacial score (nSPS) is 14.8. The monoisotopic (exact) mass is 397 g/mol. The van der Waals surface area contributed by atoms with Crippen LogP contribution in [0.4, 0.5) is 0 Å². The van der Waals surface area contributed by atoms with E-state index in [1.54, 1.807) is 7.11 Å². The lowest BCUT2D eigenvalue weighted by Gasteiger charge is -2.32. The van der Waals surface area contributed by atoms with Gasteiger partial charge in [0.2, 0.25) is 5.91 Å². The summed E-state index contributed by atoms with van der Waals surface area (Å²) in [6.07, 6.45) is 1.60. The van der Waals surface area contributed by atoms with Gasteiger partial charge in [-0.05, 0) is 29.5 Å². The first-order valence-corrected chi connectivity index (χ1v) is 9.71. The third-order valence-corrected chi connectivity index (χ3v) is 4.69. The van der Waals surface area contributed by atoms with Crippen molar-refractivity contribution in [3.05, 3.63) is 29.8 Å². The molecule has 154 valence electrons. The maximum atomic E-state index is 12.5. The number of methoxy groups -OCH3 is 1. The van der Waals surface area contributed by atoms with Crippen LogP contribution in [-0.4, -0.2) is 68.6 Å². The van der Waals surface area contributed by atoms with Crippen LogP contribution in [0, 0.1) is 5.41 Å². The van der Waals surface area contributed by atoms with Crippen molar-refractivity contribution >= 4 is 18.3 Å². The molecule has 0 atom stereocenters. The lowest BCUT2D eigenvalue weighted by atomic mass is 9.95. The number of nitrogens with zero attached hydrogens (tertiary/aromatic N) is 2. The van der Waals surface area contributed by atoms with Gasteiger partial charge in [-0.1, -0.05) is 32.9 Å². The molecule has 2 rings (SSSR count). The van der Waals surface area contributed by atoms with Crippen molar-refractivity contribution in [1.29, 1.82) is 0 Å². The molecular formula is C21H36ClN3O2. The lowest BCUT2D eigenvalue weighted by Crippen LogP contribution is -2.47. The van der Waals surface area contributed by atoms with Crippen molar-refractivity contribution in [3.63, 3.8) is 0 Å². The molecule has 1 amide bonds. The molecular weight excluding hydrogens is 362 g/mol. The summed E-state index contributed by atoms with van der Waals surface area (Å²) in [6, 6.07) is 8.27. The minimum Gasteiger partial charge on any atom is -0.497 e. The number of rotatable bonds is 8. The van der Waals surface area contributed by atoms with E-state index >= 15 is 0 Å². The van der Waals surface area contributed by atoms with Crippen LogP contribution in [0.2, 0.25) is 0 Å². The zero-order valence-corrected chi connectivity index (χ0v) is 18.1. The fourth-order valence-electron chi connectivity index (χ4n) is 3.35. The molecule has 1 N–H and O–H groups in total. The number of ether oxygens (including phenoxy) is 1. The molecule has 0 bridgehead atoms. The number of benzene rings is 1. The van der Waals surface area contributed by atoms with E-state index in [2.05, 4.69) is 43.1 Å². The first kappa shape index (κ1) is 23.7. The van der Waals surface area contributed by atoms with Crippen LogP contribution in [0.15, 0.2) is 24.3 Å². The predicted molar refractivity (Wildman–Crippen MR) is 114 cm³/mol. The third kappa shape index (κ3) is 8.96. The van der Waals surface area contributed by atoms with Crippen LogP contribution in [0.1, 0.15) is 32.8 Å². The van der Waals surface area contributed by atoms with E-state index in [1.807, 2.05) is 17.0 Å². The highest BCUT2D eigenvalue weighted by atomic mass is 35.5. The molecule has 0 radical (unpaired) electrons. The zero-order chi connectivity index (χ0) is 19.0. The number of piperazine rings is 1. The molecule has 1 aliphatic rings. The van der Waals surface area contributed by atoms with Crippen molar-refractivity contribution < 1.29 is 9.53 Å². The Morgan fingerprint density at radius 2 is 1.78 bits per heavy atom. The molecule has 1 heterocycles. The second kappa shape index (κ2) is 11.5. The third-order valence-electron chi connectivity index (χ3n) is 4.69. The summed E-state index contributed by atoms with van der Waals surface area (Å²) in [7, 11) is 1.69. The average molecular weight is 398 g/mol. The summed E-state index contributed by atoms with van der Waals surface area (Å²) >= 11 is 0. The minimum absolute atomic E-state index is 0. The molecule has 0 aliphatic carbocycles. The van der Waals surface area contributed by atoms with Gasteiger partial charge < -0.3 is 19.9 Å². The Bertz CT molecular complexity index is 552. The number of carbonyl (C=O) groups excluding carboxylic acids is 1. The van der Waals surface area contributed by atoms with Gasteiger partial charge in [0.05, 0.1) is 7.11 Å². The topological polar surface area (TPSA) is 44.8 Å². The Morgan fingerprint density at radius 3 is 2.33 bits per heavy atom. The van der Waals surface area contributed by atoms with Gasteiger partial charge in [0.15, 0.2) is 0 Å². The van der Waals surface area contributed by atoms with Gasteiger partial charge >= 0.3 is 0 Å². The van der Waals surface area contributed by atoms with Crippen molar-refractivity contribution in [3.8, 4) is 5.75 Å². The summed E-state index contributed by atoms with van der Waals surface area (Å²) < 4.78 is 5.23. The highest BCUT2D eigenvalue weighted by Gasteiger charge is 2.20. The Balaban J connectivity index is 0.00000364. The molecule has 0 spiro atoms. The Labute approximate surface area is 170 Å². The van der Waals surface area contributed by atoms with E-state index in [0.29, 0.717) is 6.42 Å². The molecule has 0 aromatic heterocycles. The molecule has 1 fully saturated rings. The molecule has 1 aromatic carbocycles. The number of amides is 1. The van der Waals surface area contributed by atoms with Crippen molar-refractivity contribution in [1.82, 2.24) is 15.1 Å². The highest BCUT2D eigenvalue weighted by Crippen LogP contribution is 2.17. The number of nitrogens with one attached hydrogen (secondary N) is 1. The molecule has 1 aliphatic heterocycles. The van der Waals surface area contributed by atoms with Gasteiger partial charge in [-0.2, -0.15) is 0 Å². The van der Waals surface area contributed by atoms with E-state index in [-0.39, 0.29) is 23.7 Å². The summed E-state index contributed by atoms with van der Waals surface area (Å²) in [5.74, 6) is 1.18. The second-order valence-electron chi connectivity index (χ2n) is 8.32. The van der Waals surface area contributed by atoms with Gasteiger partial charge in [0.25, 0.3) is 0 Å². The lowest BCUT2D eigenvalue weighted by molar-refractivity contribution is -0.132. The first-order chi connectivity index (χ1) is 12.4. The molecule has 0 saturated carbocycles. The first-order valence-electron chi connectivity index (χ1n) is 9.71. The van der Waals surface area contributed by atoms with E-state index in [0.717, 1.165) is 58.0 Å². The van der Waals surface area contributed by atoms with E-state index in [4.69, 9.17) is 4.74 Å². The maximum Gasteiger partial charge on any atom is 0.223 e. The molecule has 1 aromatic rings. The van der Waals surface area contributed by atoms with Gasteiger partial charge in [-0.25, -0.2) is 0 Å². The Hall–Kier alpha value is -1.30. The quantitative estimate of drug-likeness (QED) is 0.732. The van der Waals surface area contributed by atoms with E-state index < -0.39 is 0 Å². The molecule has 27 heavy (non-hydrogen) atoms. The summed E-state index contributed by atoms with van der Waals surface area (Å²) in [5.41, 5.74) is 1.52. The average Bonchev–Trinajstić information content (AvgIpc) is 2.63. The Kier molecular flexibility index (Phi) is 10.1. The van der Waals surface area contributed by atoms with Crippen LogP contribution >= 0.6 is 12.4 Å². The maximum absolute atomic E-state index is 12.5. The fourth-order valence-corrected chi connectivity index (χ4v) is 3.35. The van der Waals surface area contributed by atoms with Crippen LogP contribution in [0.25, 0.3) is 0 Å². The van der Waals surface area contributed by atoms with Gasteiger partial charge in [0.1, 0.15) is 5.75 Å². The van der Waals surface area contributed by atoms with E-state index in [9.17, 15) is 4.79 Å². The van der Waals surface area contributed by atoms with Gasteiger partial charge in [0, 0.05) is 52.2 Å². The standard InChI is InChI=1S/C21H35N3O2.ClH/c1-21(2,3)17-23(13-9-18-5-7-19(26-4)8-6-18)14-10-20(25)24-15-11-22-12-16-24;/h5-8,22H,9-17H2,1-4H3;1H. The molecule has 1 saturated heterocycles. The fraction of sp³-hybridized carbons (Fsp3) is 0.667. The Morgan fingerprint density at radius 1 is 1.15 bits per heavy atom.